The summed E-state index contributed by atoms with van der Waals surface area (Å²) in [6.07, 6.45) is 1.40. The molecular formula is C7H16LaN2. The molecule has 0 rings (SSSR count). The van der Waals surface area contributed by atoms with Crippen LogP contribution in [0.25, 0.3) is 0 Å². The zero-order chi connectivity index (χ0) is 7.44. The van der Waals surface area contributed by atoms with Gasteiger partial charge in [-0.2, -0.15) is 0 Å². The summed E-state index contributed by atoms with van der Waals surface area (Å²) in [6, 6.07) is 0.894. The Balaban J connectivity index is 0. The third-order valence-electron chi connectivity index (χ3n) is 1.34. The number of rotatable bonds is 3. The molecule has 2 nitrogen and oxygen atoms in total. The monoisotopic (exact) mass is 267 g/mol. The molecule has 0 saturated heterocycles. The van der Waals surface area contributed by atoms with Gasteiger partial charge in [0.15, 0.2) is 0 Å². The van der Waals surface area contributed by atoms with Crippen LogP contribution in [0, 0.1) is 41.0 Å². The van der Waals surface area contributed by atoms with Crippen LogP contribution < -0.4 is 0 Å². The molecule has 0 bridgehead atoms. The van der Waals surface area contributed by atoms with Gasteiger partial charge in [0.1, 0.15) is 0 Å². The summed E-state index contributed by atoms with van der Waals surface area (Å²) < 4.78 is 0. The first-order valence-electron chi connectivity index (χ1n) is 3.37. The fraction of sp³-hybridized carbons (Fsp3) is 0.857. The van der Waals surface area contributed by atoms with E-state index in [0.29, 0.717) is 12.1 Å². The van der Waals surface area contributed by atoms with Crippen molar-refractivity contribution in [3.05, 3.63) is 0 Å². The van der Waals surface area contributed by atoms with Crippen LogP contribution >= 0.6 is 0 Å². The molecule has 3 heteroatoms. The van der Waals surface area contributed by atoms with Gasteiger partial charge in [0.05, 0.1) is 6.34 Å². The Kier molecular flexibility index (Phi) is 8.46. The molecule has 0 atom stereocenters. The maximum absolute atomic E-state index is 7.02. The Hall–Kier alpha value is 0.665. The molecule has 0 aliphatic carbocycles. The minimum atomic E-state index is 0. The summed E-state index contributed by atoms with van der Waals surface area (Å²) in [5, 5.41) is 7.02. The van der Waals surface area contributed by atoms with Crippen LogP contribution in [0.3, 0.4) is 0 Å². The van der Waals surface area contributed by atoms with Crippen LogP contribution in [-0.4, -0.2) is 23.3 Å². The maximum Gasteiger partial charge on any atom is 0.0821 e. The van der Waals surface area contributed by atoms with Crippen LogP contribution in [0.2, 0.25) is 0 Å². The van der Waals surface area contributed by atoms with Crippen LogP contribution in [0.5, 0.6) is 0 Å². The van der Waals surface area contributed by atoms with Crippen molar-refractivity contribution in [3.63, 3.8) is 0 Å². The van der Waals surface area contributed by atoms with Gasteiger partial charge in [-0.05, 0) is 27.7 Å². The average molecular weight is 267 g/mol. The van der Waals surface area contributed by atoms with Crippen molar-refractivity contribution in [2.24, 2.45) is 0 Å². The molecule has 0 aromatic rings. The zero-order valence-electron chi connectivity index (χ0n) is 7.26. The quantitative estimate of drug-likeness (QED) is 0.611. The molecule has 57 valence electrons. The fourth-order valence-electron chi connectivity index (χ4n) is 0.894. The molecule has 10 heavy (non-hydrogen) atoms. The van der Waals surface area contributed by atoms with E-state index in [2.05, 4.69) is 27.7 Å². The van der Waals surface area contributed by atoms with Crippen molar-refractivity contribution < 1.29 is 35.6 Å². The summed E-state index contributed by atoms with van der Waals surface area (Å²) in [7, 11) is 0. The third-order valence-corrected chi connectivity index (χ3v) is 1.34. The summed E-state index contributed by atoms with van der Waals surface area (Å²) in [4.78, 5) is 2.00. The van der Waals surface area contributed by atoms with Crippen LogP contribution in [0.15, 0.2) is 0 Å². The fourth-order valence-corrected chi connectivity index (χ4v) is 0.894. The van der Waals surface area contributed by atoms with E-state index >= 15 is 0 Å². The first kappa shape index (κ1) is 13.3. The largest absolute Gasteiger partial charge is 0.358 e. The molecule has 0 unspecified atom stereocenters. The van der Waals surface area contributed by atoms with E-state index in [4.69, 9.17) is 5.41 Å². The molecular weight excluding hydrogens is 251 g/mol. The van der Waals surface area contributed by atoms with E-state index in [9.17, 15) is 0 Å². The van der Waals surface area contributed by atoms with Crippen molar-refractivity contribution in [2.75, 3.05) is 0 Å². The molecule has 1 N–H and O–H groups in total. The van der Waals surface area contributed by atoms with Crippen molar-refractivity contribution in [1.82, 2.24) is 4.90 Å². The van der Waals surface area contributed by atoms with Gasteiger partial charge in [0.2, 0.25) is 0 Å². The second kappa shape index (κ2) is 6.38. The van der Waals surface area contributed by atoms with Gasteiger partial charge >= 0.3 is 0 Å². The molecule has 0 heterocycles. The van der Waals surface area contributed by atoms with E-state index in [1.165, 1.54) is 6.34 Å². The minimum Gasteiger partial charge on any atom is -0.358 e. The molecule has 1 radical (unpaired) electrons. The molecule has 0 fully saturated rings. The molecule has 0 saturated carbocycles. The number of hydrogen-bond acceptors (Lipinski definition) is 1. The van der Waals surface area contributed by atoms with E-state index in [0.717, 1.165) is 0 Å². The van der Waals surface area contributed by atoms with E-state index in [-0.39, 0.29) is 35.6 Å². The van der Waals surface area contributed by atoms with Crippen molar-refractivity contribution >= 4 is 6.34 Å². The average Bonchev–Trinajstić information content (AvgIpc) is 1.64. The van der Waals surface area contributed by atoms with Gasteiger partial charge in [-0.25, -0.2) is 0 Å². The van der Waals surface area contributed by atoms with Gasteiger partial charge in [-0.15, -0.1) is 0 Å². The predicted octanol–water partition coefficient (Wildman–Crippen LogP) is 1.71. The minimum absolute atomic E-state index is 0. The Bertz CT molecular complexity index is 83.6. The smallest absolute Gasteiger partial charge is 0.0821 e. The summed E-state index contributed by atoms with van der Waals surface area (Å²) >= 11 is 0. The maximum atomic E-state index is 7.02. The molecule has 0 aromatic heterocycles. The second-order valence-corrected chi connectivity index (χ2v) is 2.76. The zero-order valence-corrected chi connectivity index (χ0v) is 10.9. The molecule has 0 aliphatic heterocycles. The molecule has 0 spiro atoms. The summed E-state index contributed by atoms with van der Waals surface area (Å²) in [5.74, 6) is 0. The van der Waals surface area contributed by atoms with Gasteiger partial charge in [0.25, 0.3) is 0 Å². The Morgan fingerprint density at radius 1 is 1.10 bits per heavy atom. The Labute approximate surface area is 91.5 Å². The van der Waals surface area contributed by atoms with E-state index in [1.54, 1.807) is 0 Å². The van der Waals surface area contributed by atoms with Crippen molar-refractivity contribution in [1.29, 1.82) is 5.41 Å². The van der Waals surface area contributed by atoms with E-state index in [1.807, 2.05) is 4.90 Å². The van der Waals surface area contributed by atoms with Gasteiger partial charge in [-0.1, -0.05) is 0 Å². The predicted molar refractivity (Wildman–Crippen MR) is 40.9 cm³/mol. The van der Waals surface area contributed by atoms with Gasteiger partial charge < -0.3 is 4.90 Å². The summed E-state index contributed by atoms with van der Waals surface area (Å²) in [6.45, 7) is 8.35. The summed E-state index contributed by atoms with van der Waals surface area (Å²) in [5.41, 5.74) is 0. The van der Waals surface area contributed by atoms with Gasteiger partial charge in [-0.3, -0.25) is 5.41 Å². The van der Waals surface area contributed by atoms with Crippen LogP contribution in [0.4, 0.5) is 0 Å². The number of nitrogens with zero attached hydrogens (tertiary/aromatic N) is 1. The Morgan fingerprint density at radius 2 is 1.40 bits per heavy atom. The van der Waals surface area contributed by atoms with Crippen molar-refractivity contribution in [3.8, 4) is 0 Å². The first-order chi connectivity index (χ1) is 4.09. The third kappa shape index (κ3) is 4.48. The molecule has 0 aromatic carbocycles. The first-order valence-corrected chi connectivity index (χ1v) is 3.37. The number of nitrogens with one attached hydrogen (secondary N) is 1. The SMILES string of the molecule is CC(C)N(C=N)C(C)C.[La]. The van der Waals surface area contributed by atoms with Crippen LogP contribution in [0.1, 0.15) is 27.7 Å². The van der Waals surface area contributed by atoms with Crippen molar-refractivity contribution in [2.45, 2.75) is 39.8 Å². The van der Waals surface area contributed by atoms with E-state index < -0.39 is 0 Å². The van der Waals surface area contributed by atoms with Crippen LogP contribution in [-0.2, 0) is 0 Å². The molecule has 0 amide bonds. The topological polar surface area (TPSA) is 27.1 Å². The second-order valence-electron chi connectivity index (χ2n) is 2.76. The van der Waals surface area contributed by atoms with Gasteiger partial charge in [0, 0.05) is 47.7 Å². The standard InChI is InChI=1S/C7H16N2.La/c1-6(2)9(5-8)7(3)4;/h5-8H,1-4H3;. The molecule has 0 aliphatic rings. The Morgan fingerprint density at radius 3 is 1.40 bits per heavy atom. The number of hydrogen-bond donors (Lipinski definition) is 1. The normalized spacial score (nSPS) is 9.40.